The van der Waals surface area contributed by atoms with E-state index in [4.69, 9.17) is 0 Å². The van der Waals surface area contributed by atoms with Gasteiger partial charge in [0.25, 0.3) is 0 Å². The van der Waals surface area contributed by atoms with Gasteiger partial charge >= 0.3 is 0 Å². The van der Waals surface area contributed by atoms with Crippen LogP contribution in [0.25, 0.3) is 11.4 Å². The third-order valence-electron chi connectivity index (χ3n) is 1.86. The predicted molar refractivity (Wildman–Crippen MR) is 52.5 cm³/mol. The fourth-order valence-electron chi connectivity index (χ4n) is 1.18. The molecule has 2 rings (SSSR count). The van der Waals surface area contributed by atoms with Crippen LogP contribution < -0.4 is 0 Å². The second kappa shape index (κ2) is 3.49. The maximum Gasteiger partial charge on any atom is 0.203 e. The Bertz CT molecular complexity index is 436. The minimum absolute atomic E-state index is 0.569. The average molecular weight is 186 g/mol. The highest BCUT2D eigenvalue weighted by Crippen LogP contribution is 2.13. The van der Waals surface area contributed by atoms with Crippen molar-refractivity contribution in [3.05, 3.63) is 35.7 Å². The first-order valence-electron chi connectivity index (χ1n) is 4.37. The van der Waals surface area contributed by atoms with Gasteiger partial charge in [-0.25, -0.2) is 0 Å². The van der Waals surface area contributed by atoms with Gasteiger partial charge in [0.2, 0.25) is 5.82 Å². The summed E-state index contributed by atoms with van der Waals surface area (Å²) >= 11 is 0. The molecule has 0 saturated heterocycles. The van der Waals surface area contributed by atoms with Crippen molar-refractivity contribution in [3.8, 4) is 11.4 Å². The molecule has 0 unspecified atom stereocenters. The summed E-state index contributed by atoms with van der Waals surface area (Å²) in [6.45, 7) is 3.79. The van der Waals surface area contributed by atoms with Crippen LogP contribution in [0, 0.1) is 13.8 Å². The second-order valence-electron chi connectivity index (χ2n) is 3.14. The molecule has 0 atom stereocenters. The Kier molecular flexibility index (Phi) is 2.18. The summed E-state index contributed by atoms with van der Waals surface area (Å²) in [7, 11) is 0. The van der Waals surface area contributed by atoms with Crippen LogP contribution in [0.2, 0.25) is 0 Å². The molecule has 0 aliphatic carbocycles. The quantitative estimate of drug-likeness (QED) is 0.678. The van der Waals surface area contributed by atoms with Gasteiger partial charge in [-0.15, -0.1) is 20.4 Å². The van der Waals surface area contributed by atoms with E-state index in [1.165, 1.54) is 5.56 Å². The number of aryl methyl sites for hydroxylation is 2. The lowest BCUT2D eigenvalue weighted by Gasteiger charge is -1.98. The van der Waals surface area contributed by atoms with Crippen molar-refractivity contribution in [1.82, 2.24) is 20.4 Å². The Morgan fingerprint density at radius 2 is 1.64 bits per heavy atom. The van der Waals surface area contributed by atoms with E-state index in [-0.39, 0.29) is 0 Å². The molecule has 0 spiro atoms. The maximum absolute atomic E-state index is 3.97. The van der Waals surface area contributed by atoms with Gasteiger partial charge in [0.1, 0.15) is 0 Å². The van der Waals surface area contributed by atoms with Crippen LogP contribution in [0.5, 0.6) is 0 Å². The van der Waals surface area contributed by atoms with E-state index in [9.17, 15) is 0 Å². The molecule has 0 amide bonds. The zero-order chi connectivity index (χ0) is 9.97. The molecule has 0 aliphatic rings. The Morgan fingerprint density at radius 1 is 0.929 bits per heavy atom. The van der Waals surface area contributed by atoms with Crippen LogP contribution >= 0.6 is 0 Å². The predicted octanol–water partition coefficient (Wildman–Crippen LogP) is 1.55. The lowest BCUT2D eigenvalue weighted by Crippen LogP contribution is -1.98. The Hall–Kier alpha value is -1.84. The van der Waals surface area contributed by atoms with Gasteiger partial charge in [0.15, 0.2) is 5.82 Å². The van der Waals surface area contributed by atoms with E-state index < -0.39 is 0 Å². The molecule has 0 aliphatic heterocycles. The van der Waals surface area contributed by atoms with Gasteiger partial charge in [0.05, 0.1) is 0 Å². The fourth-order valence-corrected chi connectivity index (χ4v) is 1.18. The Balaban J connectivity index is 2.44. The molecule has 0 fully saturated rings. The largest absolute Gasteiger partial charge is 0.203 e. The summed E-state index contributed by atoms with van der Waals surface area (Å²) in [5.41, 5.74) is 2.12. The van der Waals surface area contributed by atoms with Crippen molar-refractivity contribution in [2.45, 2.75) is 13.8 Å². The van der Waals surface area contributed by atoms with E-state index in [2.05, 4.69) is 20.4 Å². The van der Waals surface area contributed by atoms with E-state index in [0.29, 0.717) is 11.6 Å². The Labute approximate surface area is 82.0 Å². The zero-order valence-corrected chi connectivity index (χ0v) is 8.10. The lowest BCUT2D eigenvalue weighted by atomic mass is 10.1. The summed E-state index contributed by atoms with van der Waals surface area (Å²) in [5.74, 6) is 1.15. The highest BCUT2D eigenvalue weighted by Gasteiger charge is 2.01. The molecule has 4 nitrogen and oxygen atoms in total. The van der Waals surface area contributed by atoms with E-state index in [1.54, 1.807) is 6.92 Å². The maximum atomic E-state index is 3.97. The highest BCUT2D eigenvalue weighted by molar-refractivity contribution is 5.54. The molecular weight excluding hydrogens is 176 g/mol. The van der Waals surface area contributed by atoms with Crippen LogP contribution in [0.15, 0.2) is 24.3 Å². The molecule has 0 bridgehead atoms. The molecule has 1 heterocycles. The lowest BCUT2D eigenvalue weighted by molar-refractivity contribution is 0.816. The van der Waals surface area contributed by atoms with Gasteiger partial charge in [-0.1, -0.05) is 23.8 Å². The molecule has 4 heteroatoms. The van der Waals surface area contributed by atoms with Gasteiger partial charge in [-0.05, 0) is 19.9 Å². The van der Waals surface area contributed by atoms with E-state index in [1.807, 2.05) is 31.2 Å². The number of rotatable bonds is 1. The molecular formula is C10H10N4. The summed E-state index contributed by atoms with van der Waals surface area (Å²) in [5, 5.41) is 15.7. The summed E-state index contributed by atoms with van der Waals surface area (Å²) in [6.07, 6.45) is 0. The number of aromatic nitrogens is 4. The summed E-state index contributed by atoms with van der Waals surface area (Å²) in [6, 6.07) is 7.95. The summed E-state index contributed by atoms with van der Waals surface area (Å²) in [4.78, 5) is 0. The van der Waals surface area contributed by atoms with Crippen LogP contribution in [-0.2, 0) is 0 Å². The van der Waals surface area contributed by atoms with Gasteiger partial charge in [0, 0.05) is 5.56 Å². The van der Waals surface area contributed by atoms with Gasteiger partial charge < -0.3 is 0 Å². The van der Waals surface area contributed by atoms with Crippen molar-refractivity contribution >= 4 is 0 Å². The third kappa shape index (κ3) is 1.74. The molecule has 0 radical (unpaired) electrons. The molecule has 1 aromatic heterocycles. The SMILES string of the molecule is Cc1cccc(-c2nnc(C)nn2)c1. The summed E-state index contributed by atoms with van der Waals surface area (Å²) < 4.78 is 0. The monoisotopic (exact) mass is 186 g/mol. The minimum Gasteiger partial charge on any atom is -0.131 e. The third-order valence-corrected chi connectivity index (χ3v) is 1.86. The van der Waals surface area contributed by atoms with Crippen molar-refractivity contribution in [2.75, 3.05) is 0 Å². The normalized spacial score (nSPS) is 10.1. The molecule has 0 N–H and O–H groups in total. The standard InChI is InChI=1S/C10H10N4/c1-7-4-3-5-9(6-7)10-13-11-8(2)12-14-10/h3-6H,1-2H3. The average Bonchev–Trinajstić information content (AvgIpc) is 2.19. The topological polar surface area (TPSA) is 51.6 Å². The number of nitrogens with zero attached hydrogens (tertiary/aromatic N) is 4. The first-order valence-corrected chi connectivity index (χ1v) is 4.37. The van der Waals surface area contributed by atoms with Crippen LogP contribution in [0.4, 0.5) is 0 Å². The Morgan fingerprint density at radius 3 is 2.29 bits per heavy atom. The fraction of sp³-hybridized carbons (Fsp3) is 0.200. The van der Waals surface area contributed by atoms with Crippen molar-refractivity contribution in [1.29, 1.82) is 0 Å². The number of benzene rings is 1. The van der Waals surface area contributed by atoms with Crippen molar-refractivity contribution in [2.24, 2.45) is 0 Å². The van der Waals surface area contributed by atoms with Gasteiger partial charge in [-0.2, -0.15) is 0 Å². The highest BCUT2D eigenvalue weighted by atomic mass is 15.3. The molecule has 0 saturated carbocycles. The first-order chi connectivity index (χ1) is 6.75. The van der Waals surface area contributed by atoms with Crippen molar-refractivity contribution in [3.63, 3.8) is 0 Å². The van der Waals surface area contributed by atoms with E-state index in [0.717, 1.165) is 5.56 Å². The smallest absolute Gasteiger partial charge is 0.131 e. The molecule has 70 valence electrons. The number of hydrogen-bond donors (Lipinski definition) is 0. The number of hydrogen-bond acceptors (Lipinski definition) is 4. The minimum atomic E-state index is 0.569. The van der Waals surface area contributed by atoms with E-state index >= 15 is 0 Å². The molecule has 1 aromatic carbocycles. The van der Waals surface area contributed by atoms with Gasteiger partial charge in [-0.3, -0.25) is 0 Å². The molecule has 2 aromatic rings. The van der Waals surface area contributed by atoms with Crippen LogP contribution in [0.3, 0.4) is 0 Å². The van der Waals surface area contributed by atoms with Crippen LogP contribution in [-0.4, -0.2) is 20.4 Å². The van der Waals surface area contributed by atoms with Crippen molar-refractivity contribution < 1.29 is 0 Å². The van der Waals surface area contributed by atoms with Crippen LogP contribution in [0.1, 0.15) is 11.4 Å². The second-order valence-corrected chi connectivity index (χ2v) is 3.14. The molecule has 14 heavy (non-hydrogen) atoms. The first kappa shape index (κ1) is 8.74. The zero-order valence-electron chi connectivity index (χ0n) is 8.10.